The maximum atomic E-state index is 12.2. The van der Waals surface area contributed by atoms with E-state index >= 15 is 0 Å². The average Bonchev–Trinajstić information content (AvgIpc) is 2.56. The van der Waals surface area contributed by atoms with E-state index in [0.29, 0.717) is 5.69 Å². The summed E-state index contributed by atoms with van der Waals surface area (Å²) in [5.41, 5.74) is 0.539. The molecule has 0 saturated heterocycles. The number of rotatable bonds is 5. The minimum Gasteiger partial charge on any atom is -0.292 e. The number of hydrogen-bond acceptors (Lipinski definition) is 5. The Morgan fingerprint density at radius 1 is 1.23 bits per heavy atom. The Morgan fingerprint density at radius 2 is 1.95 bits per heavy atom. The van der Waals surface area contributed by atoms with Crippen molar-refractivity contribution in [2.24, 2.45) is 10.9 Å². The molecule has 0 aliphatic rings. The Labute approximate surface area is 126 Å². The zero-order valence-corrected chi connectivity index (χ0v) is 11.4. The molecule has 0 aliphatic carbocycles. The normalized spacial score (nSPS) is 11.8. The molecule has 0 aromatic heterocycles. The number of nitro groups is 1. The van der Waals surface area contributed by atoms with Crippen LogP contribution in [0.15, 0.2) is 59.6 Å². The molecule has 0 saturated carbocycles. The number of benzene rings is 2. The van der Waals surface area contributed by atoms with Gasteiger partial charge in [0.15, 0.2) is 5.78 Å². The largest absolute Gasteiger partial charge is 0.292 e. The molecule has 0 amide bonds. The summed E-state index contributed by atoms with van der Waals surface area (Å²) >= 11 is 0. The summed E-state index contributed by atoms with van der Waals surface area (Å²) in [7, 11) is 0. The van der Waals surface area contributed by atoms with Crippen molar-refractivity contribution in [3.63, 3.8) is 0 Å². The van der Waals surface area contributed by atoms with Crippen molar-refractivity contribution in [3.8, 4) is 6.07 Å². The summed E-state index contributed by atoms with van der Waals surface area (Å²) in [6.45, 7) is 0. The van der Waals surface area contributed by atoms with E-state index in [1.807, 2.05) is 12.1 Å². The number of Topliss-reactive ketones (excluding diaryl/α,β-unsaturated/α-hetero) is 1. The number of ketones is 1. The number of nitriles is 1. The van der Waals surface area contributed by atoms with E-state index in [-0.39, 0.29) is 11.3 Å². The van der Waals surface area contributed by atoms with Crippen molar-refractivity contribution >= 4 is 23.4 Å². The third kappa shape index (κ3) is 3.61. The molecule has 22 heavy (non-hydrogen) atoms. The second kappa shape index (κ2) is 6.90. The number of non-ortho nitro benzene ring substituents is 1. The molecule has 2 aromatic carbocycles. The fraction of sp³-hybridized carbons (Fsp3) is 0.0625. The predicted octanol–water partition coefficient (Wildman–Crippen LogP) is 3.32. The summed E-state index contributed by atoms with van der Waals surface area (Å²) in [5.74, 6) is -1.62. The highest BCUT2D eigenvalue weighted by molar-refractivity contribution is 6.08. The van der Waals surface area contributed by atoms with Gasteiger partial charge in [0.05, 0.1) is 16.7 Å². The lowest BCUT2D eigenvalue weighted by atomic mass is 9.99. The molecular weight excluding hydrogens is 282 g/mol. The highest BCUT2D eigenvalue weighted by atomic mass is 16.6. The number of hydrogen-bond donors (Lipinski definition) is 0. The molecule has 2 aromatic rings. The molecule has 2 rings (SSSR count). The van der Waals surface area contributed by atoms with Gasteiger partial charge in [-0.25, -0.2) is 0 Å². The first-order chi connectivity index (χ1) is 10.6. The lowest BCUT2D eigenvalue weighted by Gasteiger charge is -2.03. The molecule has 6 nitrogen and oxygen atoms in total. The minimum atomic E-state index is -1.10. The van der Waals surface area contributed by atoms with Crippen LogP contribution < -0.4 is 0 Å². The van der Waals surface area contributed by atoms with E-state index in [2.05, 4.69) is 4.99 Å². The fourth-order valence-electron chi connectivity index (χ4n) is 1.79. The van der Waals surface area contributed by atoms with Crippen molar-refractivity contribution in [1.29, 1.82) is 5.26 Å². The van der Waals surface area contributed by atoms with Crippen LogP contribution in [0.25, 0.3) is 0 Å². The maximum Gasteiger partial charge on any atom is 0.270 e. The molecule has 0 spiro atoms. The van der Waals surface area contributed by atoms with Crippen molar-refractivity contribution in [2.75, 3.05) is 0 Å². The second-order valence-corrected chi connectivity index (χ2v) is 4.39. The lowest BCUT2D eigenvalue weighted by molar-refractivity contribution is -0.384. The summed E-state index contributed by atoms with van der Waals surface area (Å²) in [5, 5.41) is 19.8. The first-order valence-corrected chi connectivity index (χ1v) is 6.39. The topological polar surface area (TPSA) is 96.4 Å². The Hall–Kier alpha value is -3.33. The van der Waals surface area contributed by atoms with Crippen LogP contribution >= 0.6 is 0 Å². The molecule has 0 bridgehead atoms. The van der Waals surface area contributed by atoms with Gasteiger partial charge in [0.2, 0.25) is 0 Å². The Balaban J connectivity index is 2.23. The van der Waals surface area contributed by atoms with Gasteiger partial charge in [0.1, 0.15) is 5.92 Å². The van der Waals surface area contributed by atoms with Crippen LogP contribution in [0.3, 0.4) is 0 Å². The van der Waals surface area contributed by atoms with E-state index in [9.17, 15) is 14.9 Å². The Morgan fingerprint density at radius 3 is 2.59 bits per heavy atom. The van der Waals surface area contributed by atoms with Gasteiger partial charge >= 0.3 is 0 Å². The molecule has 0 radical (unpaired) electrons. The van der Waals surface area contributed by atoms with Crippen LogP contribution in [-0.2, 0) is 0 Å². The first kappa shape index (κ1) is 15.1. The van der Waals surface area contributed by atoms with Crippen LogP contribution in [-0.4, -0.2) is 16.9 Å². The monoisotopic (exact) mass is 293 g/mol. The molecule has 1 atom stereocenters. The van der Waals surface area contributed by atoms with E-state index in [1.165, 1.54) is 24.4 Å². The van der Waals surface area contributed by atoms with Gasteiger partial charge in [-0.1, -0.05) is 30.3 Å². The number of aliphatic imine (C=N–C) groups is 1. The number of para-hydroxylation sites is 1. The van der Waals surface area contributed by atoms with Crippen LogP contribution in [0.2, 0.25) is 0 Å². The summed E-state index contributed by atoms with van der Waals surface area (Å²) < 4.78 is 0. The highest BCUT2D eigenvalue weighted by Crippen LogP contribution is 2.17. The quantitative estimate of drug-likeness (QED) is 0.365. The SMILES string of the molecule is N#CC(C=Nc1ccccc1)C(=O)c1cccc([N+](=O)[O-])c1. The fourth-order valence-corrected chi connectivity index (χ4v) is 1.79. The van der Waals surface area contributed by atoms with Gasteiger partial charge in [0, 0.05) is 23.9 Å². The van der Waals surface area contributed by atoms with Gasteiger partial charge in [-0.05, 0) is 12.1 Å². The van der Waals surface area contributed by atoms with Gasteiger partial charge < -0.3 is 0 Å². The van der Waals surface area contributed by atoms with Crippen LogP contribution in [0, 0.1) is 27.4 Å². The summed E-state index contributed by atoms with van der Waals surface area (Å²) in [6, 6.07) is 16.0. The summed E-state index contributed by atoms with van der Waals surface area (Å²) in [4.78, 5) is 26.5. The lowest BCUT2D eigenvalue weighted by Crippen LogP contribution is -2.14. The van der Waals surface area contributed by atoms with E-state index < -0.39 is 16.6 Å². The predicted molar refractivity (Wildman–Crippen MR) is 81.1 cm³/mol. The maximum absolute atomic E-state index is 12.2. The third-order valence-electron chi connectivity index (χ3n) is 2.89. The van der Waals surface area contributed by atoms with Gasteiger partial charge in [-0.15, -0.1) is 0 Å². The smallest absolute Gasteiger partial charge is 0.270 e. The zero-order valence-electron chi connectivity index (χ0n) is 11.4. The molecule has 0 fully saturated rings. The number of nitrogens with zero attached hydrogens (tertiary/aromatic N) is 3. The molecule has 1 unspecified atom stereocenters. The van der Waals surface area contributed by atoms with Crippen molar-refractivity contribution in [1.82, 2.24) is 0 Å². The van der Waals surface area contributed by atoms with E-state index in [4.69, 9.17) is 5.26 Å². The minimum absolute atomic E-state index is 0.111. The van der Waals surface area contributed by atoms with Crippen LogP contribution in [0.1, 0.15) is 10.4 Å². The number of carbonyl (C=O) groups excluding carboxylic acids is 1. The van der Waals surface area contributed by atoms with E-state index in [0.717, 1.165) is 6.07 Å². The number of carbonyl (C=O) groups is 1. The van der Waals surface area contributed by atoms with Crippen LogP contribution in [0.4, 0.5) is 11.4 Å². The standard InChI is InChI=1S/C16H11N3O3/c17-10-13(11-18-14-6-2-1-3-7-14)16(20)12-5-4-8-15(9-12)19(21)22/h1-9,11,13H. The van der Waals surface area contributed by atoms with E-state index in [1.54, 1.807) is 24.3 Å². The van der Waals surface area contributed by atoms with Crippen molar-refractivity contribution in [3.05, 3.63) is 70.3 Å². The van der Waals surface area contributed by atoms with Crippen molar-refractivity contribution in [2.45, 2.75) is 0 Å². The molecule has 108 valence electrons. The first-order valence-electron chi connectivity index (χ1n) is 6.39. The highest BCUT2D eigenvalue weighted by Gasteiger charge is 2.19. The molecule has 6 heteroatoms. The third-order valence-corrected chi connectivity index (χ3v) is 2.89. The van der Waals surface area contributed by atoms with Crippen LogP contribution in [0.5, 0.6) is 0 Å². The zero-order chi connectivity index (χ0) is 15.9. The molecule has 0 aliphatic heterocycles. The van der Waals surface area contributed by atoms with Crippen molar-refractivity contribution < 1.29 is 9.72 Å². The number of nitro benzene ring substituents is 1. The summed E-state index contributed by atoms with van der Waals surface area (Å²) in [6.07, 6.45) is 1.25. The second-order valence-electron chi connectivity index (χ2n) is 4.39. The van der Waals surface area contributed by atoms with Gasteiger partial charge in [0.25, 0.3) is 5.69 Å². The molecular formula is C16H11N3O3. The van der Waals surface area contributed by atoms with Gasteiger partial charge in [-0.2, -0.15) is 5.26 Å². The Kier molecular flexibility index (Phi) is 4.73. The molecule has 0 heterocycles. The average molecular weight is 293 g/mol. The Bertz CT molecular complexity index is 764. The molecule has 0 N–H and O–H groups in total. The van der Waals surface area contributed by atoms with Gasteiger partial charge in [-0.3, -0.25) is 19.9 Å².